The van der Waals surface area contributed by atoms with Crippen molar-refractivity contribution in [2.24, 2.45) is 0 Å². The highest BCUT2D eigenvalue weighted by Gasteiger charge is 2.13. The first kappa shape index (κ1) is 11.2. The second-order valence-electron chi connectivity index (χ2n) is 4.51. The van der Waals surface area contributed by atoms with Crippen LogP contribution in [-0.2, 0) is 0 Å². The average Bonchev–Trinajstić information content (AvgIpc) is 2.70. The molecule has 0 aliphatic heterocycles. The summed E-state index contributed by atoms with van der Waals surface area (Å²) in [5, 5.41) is 1.39. The first-order chi connectivity index (χ1) is 8.58. The van der Waals surface area contributed by atoms with Gasteiger partial charge in [-0.25, -0.2) is 0 Å². The molecular weight excluding hydrogens is 248 g/mol. The lowest BCUT2D eigenvalue weighted by molar-refractivity contribution is 0.777. The fourth-order valence-corrected chi connectivity index (χ4v) is 2.79. The van der Waals surface area contributed by atoms with Gasteiger partial charge in [-0.05, 0) is 23.7 Å². The summed E-state index contributed by atoms with van der Waals surface area (Å²) >= 11 is 1.24. The van der Waals surface area contributed by atoms with E-state index in [1.54, 1.807) is 0 Å². The molecule has 6 heteroatoms. The minimum absolute atomic E-state index is 0.185. The fourth-order valence-electron chi connectivity index (χ4n) is 1.94. The van der Waals surface area contributed by atoms with Crippen LogP contribution in [0.1, 0.15) is 25.6 Å². The molecule has 3 rings (SSSR count). The Morgan fingerprint density at radius 1 is 1.39 bits per heavy atom. The van der Waals surface area contributed by atoms with Gasteiger partial charge in [0.15, 0.2) is 0 Å². The Morgan fingerprint density at radius 2 is 2.17 bits per heavy atom. The molecule has 18 heavy (non-hydrogen) atoms. The largest absolute Gasteiger partial charge is 0.382 e. The van der Waals surface area contributed by atoms with Gasteiger partial charge in [0.05, 0.1) is 15.6 Å². The summed E-state index contributed by atoms with van der Waals surface area (Å²) in [7, 11) is 0. The predicted molar refractivity (Wildman–Crippen MR) is 74.0 cm³/mol. The zero-order chi connectivity index (χ0) is 12.9. The number of hydrogen-bond donors (Lipinski definition) is 2. The maximum absolute atomic E-state index is 12.1. The summed E-state index contributed by atoms with van der Waals surface area (Å²) in [6.45, 7) is 3.99. The molecule has 0 bridgehead atoms. The van der Waals surface area contributed by atoms with E-state index in [2.05, 4.69) is 14.3 Å². The van der Waals surface area contributed by atoms with E-state index >= 15 is 0 Å². The van der Waals surface area contributed by atoms with Crippen molar-refractivity contribution >= 4 is 38.3 Å². The van der Waals surface area contributed by atoms with Gasteiger partial charge in [-0.3, -0.25) is 4.79 Å². The van der Waals surface area contributed by atoms with Gasteiger partial charge >= 0.3 is 0 Å². The molecule has 0 spiro atoms. The zero-order valence-electron chi connectivity index (χ0n) is 10.0. The Balaban J connectivity index is 2.49. The van der Waals surface area contributed by atoms with Crippen LogP contribution < -0.4 is 11.3 Å². The van der Waals surface area contributed by atoms with Crippen molar-refractivity contribution in [3.05, 3.63) is 28.3 Å². The number of rotatable bonds is 1. The fraction of sp³-hybridized carbons (Fsp3) is 0.250. The standard InChI is InChI=1S/C12H12N4OS/c1-5(2)11-14-7-4-3-6-9(18-16-10(6)13)8(7)12(17)15-11/h3-5H,1-2H3,(H2,13,16)(H,14,15,17). The molecule has 0 aliphatic rings. The molecule has 2 heterocycles. The van der Waals surface area contributed by atoms with Gasteiger partial charge in [-0.2, -0.15) is 9.36 Å². The molecule has 0 fully saturated rings. The summed E-state index contributed by atoms with van der Waals surface area (Å²) in [5.41, 5.74) is 6.33. The molecule has 0 amide bonds. The second-order valence-corrected chi connectivity index (χ2v) is 5.29. The van der Waals surface area contributed by atoms with Crippen molar-refractivity contribution in [1.29, 1.82) is 0 Å². The Bertz CT molecular complexity index is 803. The van der Waals surface area contributed by atoms with Crippen LogP contribution >= 0.6 is 11.5 Å². The number of aromatic amines is 1. The minimum Gasteiger partial charge on any atom is -0.382 e. The molecule has 1 aromatic carbocycles. The molecule has 3 aromatic rings. The van der Waals surface area contributed by atoms with E-state index in [1.165, 1.54) is 11.5 Å². The van der Waals surface area contributed by atoms with E-state index in [9.17, 15) is 4.79 Å². The average molecular weight is 260 g/mol. The van der Waals surface area contributed by atoms with Crippen LogP contribution in [0.5, 0.6) is 0 Å². The molecule has 92 valence electrons. The smallest absolute Gasteiger partial charge is 0.282 e. The Labute approximate surface area is 107 Å². The number of fused-ring (bicyclic) bond motifs is 3. The molecule has 5 nitrogen and oxygen atoms in total. The molecule has 0 saturated heterocycles. The van der Waals surface area contributed by atoms with Gasteiger partial charge in [0, 0.05) is 11.3 Å². The second kappa shape index (κ2) is 3.78. The number of benzene rings is 1. The number of nitrogens with one attached hydrogen (secondary N) is 1. The van der Waals surface area contributed by atoms with Gasteiger partial charge in [-0.1, -0.05) is 13.8 Å². The van der Waals surface area contributed by atoms with Crippen molar-refractivity contribution in [1.82, 2.24) is 14.3 Å². The Hall–Kier alpha value is -1.95. The molecule has 0 unspecified atom stereocenters. The number of aromatic nitrogens is 3. The van der Waals surface area contributed by atoms with Gasteiger partial charge < -0.3 is 10.7 Å². The maximum atomic E-state index is 12.1. The van der Waals surface area contributed by atoms with Crippen LogP contribution in [0.3, 0.4) is 0 Å². The molecule has 0 aliphatic carbocycles. The van der Waals surface area contributed by atoms with Crippen molar-refractivity contribution in [3.63, 3.8) is 0 Å². The lowest BCUT2D eigenvalue weighted by atomic mass is 10.1. The van der Waals surface area contributed by atoms with Crippen molar-refractivity contribution in [2.75, 3.05) is 5.73 Å². The summed E-state index contributed by atoms with van der Waals surface area (Å²) in [5.74, 6) is 1.35. The minimum atomic E-state index is -0.221. The number of nitrogen functional groups attached to an aromatic ring is 1. The van der Waals surface area contributed by atoms with Crippen LogP contribution in [0, 0.1) is 0 Å². The summed E-state index contributed by atoms with van der Waals surface area (Å²) in [4.78, 5) is 19.4. The highest BCUT2D eigenvalue weighted by atomic mass is 32.1. The lowest BCUT2D eigenvalue weighted by Gasteiger charge is -2.06. The third kappa shape index (κ3) is 1.49. The van der Waals surface area contributed by atoms with Crippen LogP contribution in [-0.4, -0.2) is 14.3 Å². The lowest BCUT2D eigenvalue weighted by Crippen LogP contribution is -2.12. The highest BCUT2D eigenvalue weighted by molar-refractivity contribution is 7.14. The highest BCUT2D eigenvalue weighted by Crippen LogP contribution is 2.29. The van der Waals surface area contributed by atoms with Gasteiger partial charge in [0.2, 0.25) is 0 Å². The van der Waals surface area contributed by atoms with E-state index in [0.717, 1.165) is 15.6 Å². The molecular formula is C12H12N4OS. The molecule has 3 N–H and O–H groups in total. The van der Waals surface area contributed by atoms with E-state index in [4.69, 9.17) is 5.73 Å². The van der Waals surface area contributed by atoms with Crippen molar-refractivity contribution in [3.8, 4) is 0 Å². The summed E-state index contributed by atoms with van der Waals surface area (Å²) < 4.78 is 4.88. The molecule has 2 aromatic heterocycles. The van der Waals surface area contributed by atoms with E-state index in [-0.39, 0.29) is 11.5 Å². The van der Waals surface area contributed by atoms with Gasteiger partial charge in [0.25, 0.3) is 5.56 Å². The quantitative estimate of drug-likeness (QED) is 0.702. The van der Waals surface area contributed by atoms with Crippen LogP contribution in [0.25, 0.3) is 21.0 Å². The number of anilines is 1. The molecule has 0 radical (unpaired) electrons. The van der Waals surface area contributed by atoms with Crippen LogP contribution in [0.15, 0.2) is 16.9 Å². The molecule has 0 saturated carbocycles. The van der Waals surface area contributed by atoms with E-state index in [1.807, 2.05) is 26.0 Å². The Kier molecular flexibility index (Phi) is 2.34. The van der Waals surface area contributed by atoms with Crippen LogP contribution in [0.2, 0.25) is 0 Å². The van der Waals surface area contributed by atoms with Crippen LogP contribution in [0.4, 0.5) is 5.82 Å². The summed E-state index contributed by atoms with van der Waals surface area (Å²) in [6, 6.07) is 3.74. The Morgan fingerprint density at radius 3 is 2.89 bits per heavy atom. The topological polar surface area (TPSA) is 84.7 Å². The van der Waals surface area contributed by atoms with Crippen molar-refractivity contribution in [2.45, 2.75) is 19.8 Å². The predicted octanol–water partition coefficient (Wildman–Crippen LogP) is 2.24. The monoisotopic (exact) mass is 260 g/mol. The van der Waals surface area contributed by atoms with E-state index < -0.39 is 0 Å². The number of nitrogens with two attached hydrogens (primary N) is 1. The SMILES string of the molecule is CC(C)c1nc(=O)c2c(ccc3c(N)nsc32)[nH]1. The zero-order valence-corrected chi connectivity index (χ0v) is 10.8. The normalized spacial score (nSPS) is 11.7. The third-order valence-corrected chi connectivity index (χ3v) is 3.81. The van der Waals surface area contributed by atoms with Gasteiger partial charge in [0.1, 0.15) is 11.6 Å². The first-order valence-corrected chi connectivity index (χ1v) is 6.43. The van der Waals surface area contributed by atoms with Gasteiger partial charge in [-0.15, -0.1) is 0 Å². The third-order valence-electron chi connectivity index (χ3n) is 2.91. The maximum Gasteiger partial charge on any atom is 0.282 e. The number of H-pyrrole nitrogens is 1. The van der Waals surface area contributed by atoms with E-state index in [0.29, 0.717) is 17.0 Å². The first-order valence-electron chi connectivity index (χ1n) is 5.65. The number of hydrogen-bond acceptors (Lipinski definition) is 5. The summed E-state index contributed by atoms with van der Waals surface area (Å²) in [6.07, 6.45) is 0. The van der Waals surface area contributed by atoms with Crippen molar-refractivity contribution < 1.29 is 0 Å². The number of nitrogens with zero attached hydrogens (tertiary/aromatic N) is 2. The molecule has 0 atom stereocenters.